The summed E-state index contributed by atoms with van der Waals surface area (Å²) in [7, 11) is 0. The molecule has 2 saturated heterocycles. The van der Waals surface area contributed by atoms with Crippen molar-refractivity contribution in [2.24, 2.45) is 17.3 Å². The molecule has 0 aromatic heterocycles. The highest BCUT2D eigenvalue weighted by Gasteiger charge is 2.60. The molecule has 2 fully saturated rings. The van der Waals surface area contributed by atoms with Gasteiger partial charge in [0.1, 0.15) is 12.2 Å². The number of fused-ring (bicyclic) bond motifs is 1. The topological polar surface area (TPSA) is 88.1 Å². The molecule has 0 aromatic carbocycles. The van der Waals surface area contributed by atoms with E-state index in [2.05, 4.69) is 4.74 Å². The summed E-state index contributed by atoms with van der Waals surface area (Å²) in [6.45, 7) is 9.41. The summed E-state index contributed by atoms with van der Waals surface area (Å²) in [6, 6.07) is 0. The average molecular weight is 534 g/mol. The maximum Gasteiger partial charge on any atom is 0.434 e. The summed E-state index contributed by atoms with van der Waals surface area (Å²) in [4.78, 5) is 36.8. The number of hydrogen-bond acceptors (Lipinski definition) is 7. The van der Waals surface area contributed by atoms with Crippen LogP contribution in [0, 0.1) is 17.3 Å². The van der Waals surface area contributed by atoms with Crippen LogP contribution in [0.1, 0.15) is 66.7 Å². The van der Waals surface area contributed by atoms with Gasteiger partial charge in [-0.3, -0.25) is 14.4 Å². The Labute approximate surface area is 205 Å². The molecule has 5 unspecified atom stereocenters. The molecule has 0 radical (unpaired) electrons. The molecule has 0 aliphatic carbocycles. The minimum Gasteiger partial charge on any atom is -0.458 e. The first kappa shape index (κ1) is 30.2. The predicted octanol–water partition coefficient (Wildman–Crippen LogP) is 4.90. The predicted molar refractivity (Wildman–Crippen MR) is 111 cm³/mol. The molecule has 2 aliphatic heterocycles. The summed E-state index contributed by atoms with van der Waals surface area (Å²) in [5.74, 6) is -2.74. The van der Waals surface area contributed by atoms with Crippen LogP contribution in [0.2, 0.25) is 0 Å². The van der Waals surface area contributed by atoms with E-state index in [1.165, 1.54) is 0 Å². The van der Waals surface area contributed by atoms with Crippen LogP contribution in [0.4, 0.5) is 26.3 Å². The Hall–Kier alpha value is -2.05. The number of alkyl halides is 6. The monoisotopic (exact) mass is 534 g/mol. The smallest absolute Gasteiger partial charge is 0.434 e. The van der Waals surface area contributed by atoms with Crippen molar-refractivity contribution in [2.45, 2.75) is 110 Å². The van der Waals surface area contributed by atoms with Gasteiger partial charge in [-0.25, -0.2) is 0 Å². The second kappa shape index (κ2) is 11.1. The Morgan fingerprint density at radius 2 is 1.64 bits per heavy atom. The van der Waals surface area contributed by atoms with Crippen LogP contribution in [0.5, 0.6) is 0 Å². The molecule has 2 aliphatic rings. The van der Waals surface area contributed by atoms with E-state index in [1.54, 1.807) is 6.92 Å². The molecule has 0 aromatic rings. The Bertz CT molecular complexity index is 796. The molecule has 0 bridgehead atoms. The minimum absolute atomic E-state index is 0.0642. The highest BCUT2D eigenvalue weighted by Crippen LogP contribution is 2.40. The van der Waals surface area contributed by atoms with Crippen molar-refractivity contribution in [1.82, 2.24) is 0 Å². The lowest BCUT2D eigenvalue weighted by Crippen LogP contribution is -2.50. The molecule has 0 saturated carbocycles. The van der Waals surface area contributed by atoms with Gasteiger partial charge in [0, 0.05) is 12.8 Å². The van der Waals surface area contributed by atoms with Gasteiger partial charge in [0.25, 0.3) is 6.10 Å². The third-order valence-corrected chi connectivity index (χ3v) is 6.58. The average Bonchev–Trinajstić information content (AvgIpc) is 3.08. The molecular weight excluding hydrogens is 502 g/mol. The van der Waals surface area contributed by atoms with Gasteiger partial charge in [-0.2, -0.15) is 26.3 Å². The molecule has 36 heavy (non-hydrogen) atoms. The molecule has 13 heteroatoms. The van der Waals surface area contributed by atoms with Crippen LogP contribution in [-0.2, 0) is 33.3 Å². The number of esters is 3. The van der Waals surface area contributed by atoms with Crippen LogP contribution < -0.4 is 0 Å². The fourth-order valence-electron chi connectivity index (χ4n) is 4.46. The van der Waals surface area contributed by atoms with Crippen LogP contribution >= 0.6 is 0 Å². The number of halogens is 6. The van der Waals surface area contributed by atoms with Gasteiger partial charge in [-0.15, -0.1) is 0 Å². The van der Waals surface area contributed by atoms with Crippen LogP contribution in [-0.4, -0.2) is 60.8 Å². The van der Waals surface area contributed by atoms with E-state index in [-0.39, 0.29) is 31.1 Å². The summed E-state index contributed by atoms with van der Waals surface area (Å²) < 4.78 is 96.2. The van der Waals surface area contributed by atoms with Crippen LogP contribution in [0.3, 0.4) is 0 Å². The number of carbonyl (C=O) groups is 3. The second-order valence-electron chi connectivity index (χ2n) is 10.3. The van der Waals surface area contributed by atoms with E-state index >= 15 is 0 Å². The minimum atomic E-state index is -5.82. The van der Waals surface area contributed by atoms with E-state index in [0.717, 1.165) is 0 Å². The molecule has 0 amide bonds. The van der Waals surface area contributed by atoms with Gasteiger partial charge in [-0.05, 0) is 31.6 Å². The van der Waals surface area contributed by atoms with Crippen molar-refractivity contribution in [2.75, 3.05) is 0 Å². The molecule has 2 rings (SSSR count). The maximum absolute atomic E-state index is 13.2. The fraction of sp³-hybridized carbons (Fsp3) is 0.870. The first-order chi connectivity index (χ1) is 16.3. The van der Waals surface area contributed by atoms with E-state index in [9.17, 15) is 40.7 Å². The van der Waals surface area contributed by atoms with E-state index in [0.29, 0.717) is 6.42 Å². The van der Waals surface area contributed by atoms with Gasteiger partial charge in [0.2, 0.25) is 0 Å². The lowest BCUT2D eigenvalue weighted by atomic mass is 9.73. The standard InChI is InChI=1S/C23H32F6O7/c1-11(2)10-21(5,12(3)4)20(32)34-14-8-13(33-15-9-17(31)35-18(14)15)6-7-16(30)36-19(22(24,25)26)23(27,28)29/h11-15,18-19H,6-10H2,1-5H3. The maximum atomic E-state index is 13.2. The Morgan fingerprint density at radius 3 is 2.14 bits per heavy atom. The van der Waals surface area contributed by atoms with Gasteiger partial charge < -0.3 is 18.9 Å². The van der Waals surface area contributed by atoms with Crippen LogP contribution in [0.15, 0.2) is 0 Å². The number of ether oxygens (including phenoxy) is 4. The van der Waals surface area contributed by atoms with Crippen molar-refractivity contribution < 1.29 is 59.7 Å². The molecular formula is C23H32F6O7. The largest absolute Gasteiger partial charge is 0.458 e. The quantitative estimate of drug-likeness (QED) is 0.236. The number of carbonyl (C=O) groups excluding carboxylic acids is 3. The zero-order valence-corrected chi connectivity index (χ0v) is 20.7. The second-order valence-corrected chi connectivity index (χ2v) is 10.3. The van der Waals surface area contributed by atoms with Gasteiger partial charge in [0.15, 0.2) is 6.10 Å². The highest BCUT2D eigenvalue weighted by atomic mass is 19.4. The molecule has 2 heterocycles. The van der Waals surface area contributed by atoms with E-state index < -0.39 is 72.6 Å². The summed E-state index contributed by atoms with van der Waals surface area (Å²) in [5, 5.41) is 0. The number of rotatable bonds is 9. The molecule has 0 spiro atoms. The Kier molecular flexibility index (Phi) is 9.34. The SMILES string of the molecule is CC(C)CC(C)(C(=O)OC1CC(CCC(=O)OC(C(F)(F)F)C(F)(F)F)OC2CC(=O)OC12)C(C)C. The van der Waals surface area contributed by atoms with E-state index in [4.69, 9.17) is 14.2 Å². The highest BCUT2D eigenvalue weighted by molar-refractivity contribution is 5.77. The zero-order chi connectivity index (χ0) is 27.6. The molecule has 7 nitrogen and oxygen atoms in total. The molecule has 0 N–H and O–H groups in total. The molecule has 5 atom stereocenters. The fourth-order valence-corrected chi connectivity index (χ4v) is 4.46. The van der Waals surface area contributed by atoms with Crippen molar-refractivity contribution >= 4 is 17.9 Å². The first-order valence-electron chi connectivity index (χ1n) is 11.7. The van der Waals surface area contributed by atoms with Crippen molar-refractivity contribution in [3.05, 3.63) is 0 Å². The van der Waals surface area contributed by atoms with Crippen molar-refractivity contribution in [1.29, 1.82) is 0 Å². The lowest BCUT2D eigenvalue weighted by Gasteiger charge is -2.39. The lowest BCUT2D eigenvalue weighted by molar-refractivity contribution is -0.313. The van der Waals surface area contributed by atoms with Gasteiger partial charge in [-0.1, -0.05) is 27.7 Å². The van der Waals surface area contributed by atoms with Crippen LogP contribution in [0.25, 0.3) is 0 Å². The summed E-state index contributed by atoms with van der Waals surface area (Å²) in [5.41, 5.74) is -0.853. The molecule has 208 valence electrons. The third kappa shape index (κ3) is 7.48. The number of hydrogen-bond donors (Lipinski definition) is 0. The Morgan fingerprint density at radius 1 is 1.06 bits per heavy atom. The summed E-state index contributed by atoms with van der Waals surface area (Å²) >= 11 is 0. The Balaban J connectivity index is 2.09. The van der Waals surface area contributed by atoms with Gasteiger partial charge in [0.05, 0.1) is 17.9 Å². The summed E-state index contributed by atoms with van der Waals surface area (Å²) in [6.07, 6.45) is -20.3. The van der Waals surface area contributed by atoms with E-state index in [1.807, 2.05) is 27.7 Å². The third-order valence-electron chi connectivity index (χ3n) is 6.58. The zero-order valence-electron chi connectivity index (χ0n) is 20.7. The van der Waals surface area contributed by atoms with Crippen molar-refractivity contribution in [3.63, 3.8) is 0 Å². The normalized spacial score (nSPS) is 26.6. The van der Waals surface area contributed by atoms with Gasteiger partial charge >= 0.3 is 30.3 Å². The van der Waals surface area contributed by atoms with Crippen molar-refractivity contribution in [3.8, 4) is 0 Å². The first-order valence-corrected chi connectivity index (χ1v) is 11.7.